The van der Waals surface area contributed by atoms with Gasteiger partial charge in [-0.3, -0.25) is 4.79 Å². The van der Waals surface area contributed by atoms with E-state index in [2.05, 4.69) is 5.32 Å². The maximum atomic E-state index is 11.3. The van der Waals surface area contributed by atoms with Crippen molar-refractivity contribution in [1.82, 2.24) is 5.32 Å². The Balaban J connectivity index is 1.96. The van der Waals surface area contributed by atoms with Crippen LogP contribution in [0.2, 0.25) is 0 Å². The van der Waals surface area contributed by atoms with Gasteiger partial charge in [-0.1, -0.05) is 12.8 Å². The molecule has 0 saturated heterocycles. The zero-order valence-electron chi connectivity index (χ0n) is 9.31. The molecule has 1 amide bonds. The van der Waals surface area contributed by atoms with Crippen molar-refractivity contribution in [2.75, 3.05) is 6.54 Å². The highest BCUT2D eigenvalue weighted by atomic mass is 16.1. The smallest absolute Gasteiger partial charge is 0.221 e. The quantitative estimate of drug-likeness (QED) is 0.634. The second kappa shape index (κ2) is 4.78. The topological polar surface area (TPSA) is 55.1 Å². The van der Waals surface area contributed by atoms with Crippen molar-refractivity contribution < 1.29 is 4.79 Å². The van der Waals surface area contributed by atoms with E-state index in [9.17, 15) is 4.79 Å². The Hall–Kier alpha value is -0.570. The molecule has 1 rings (SSSR count). The zero-order chi connectivity index (χ0) is 10.6. The van der Waals surface area contributed by atoms with Crippen LogP contribution in [-0.4, -0.2) is 18.0 Å². The monoisotopic (exact) mass is 198 g/mol. The van der Waals surface area contributed by atoms with Crippen LogP contribution in [0.5, 0.6) is 0 Å². The summed E-state index contributed by atoms with van der Waals surface area (Å²) in [5.41, 5.74) is 5.35. The van der Waals surface area contributed by atoms with Gasteiger partial charge in [-0.2, -0.15) is 0 Å². The molecule has 3 N–H and O–H groups in total. The molecule has 3 nitrogen and oxygen atoms in total. The normalized spacial score (nSPS) is 16.8. The molecule has 1 fully saturated rings. The summed E-state index contributed by atoms with van der Waals surface area (Å²) >= 11 is 0. The first-order valence-electron chi connectivity index (χ1n) is 5.53. The summed E-state index contributed by atoms with van der Waals surface area (Å²) in [6, 6.07) is 0. The van der Waals surface area contributed by atoms with Gasteiger partial charge in [-0.15, -0.1) is 0 Å². The van der Waals surface area contributed by atoms with Gasteiger partial charge in [0.2, 0.25) is 5.91 Å². The lowest BCUT2D eigenvalue weighted by molar-refractivity contribution is -0.122. The van der Waals surface area contributed by atoms with Crippen LogP contribution in [0.25, 0.3) is 0 Å². The lowest BCUT2D eigenvalue weighted by atomic mass is 10.0. The molecule has 0 aliphatic heterocycles. The first-order valence-corrected chi connectivity index (χ1v) is 5.53. The van der Waals surface area contributed by atoms with E-state index >= 15 is 0 Å². The minimum atomic E-state index is -0.388. The number of amides is 1. The third-order valence-corrected chi connectivity index (χ3v) is 2.42. The van der Waals surface area contributed by atoms with Gasteiger partial charge >= 0.3 is 0 Å². The van der Waals surface area contributed by atoms with Crippen LogP contribution in [0.15, 0.2) is 0 Å². The van der Waals surface area contributed by atoms with E-state index in [1.54, 1.807) is 0 Å². The number of hydrogen-bond acceptors (Lipinski definition) is 2. The Kier molecular flexibility index (Phi) is 3.93. The van der Waals surface area contributed by atoms with E-state index in [-0.39, 0.29) is 11.4 Å². The van der Waals surface area contributed by atoms with Crippen LogP contribution >= 0.6 is 0 Å². The maximum Gasteiger partial charge on any atom is 0.221 e. The molecule has 1 saturated carbocycles. The second-order valence-corrected chi connectivity index (χ2v) is 5.10. The first-order chi connectivity index (χ1) is 6.47. The molecular weight excluding hydrogens is 176 g/mol. The lowest BCUT2D eigenvalue weighted by Gasteiger charge is -2.17. The first kappa shape index (κ1) is 11.5. The largest absolute Gasteiger partial charge is 0.356 e. The second-order valence-electron chi connectivity index (χ2n) is 5.10. The highest BCUT2D eigenvalue weighted by Crippen LogP contribution is 2.33. The van der Waals surface area contributed by atoms with Crippen LogP contribution in [0.3, 0.4) is 0 Å². The molecule has 3 heteroatoms. The van der Waals surface area contributed by atoms with Crippen LogP contribution < -0.4 is 11.1 Å². The van der Waals surface area contributed by atoms with Gasteiger partial charge in [0, 0.05) is 18.5 Å². The standard InChI is InChI=1S/C11H22N2O/c1-11(2,12)8-10(14)13-7-3-4-9-5-6-9/h9H,3-8,12H2,1-2H3,(H,13,14). The summed E-state index contributed by atoms with van der Waals surface area (Å²) in [6.45, 7) is 4.55. The Labute approximate surface area is 86.4 Å². The van der Waals surface area contributed by atoms with Gasteiger partial charge in [-0.25, -0.2) is 0 Å². The Morgan fingerprint density at radius 3 is 2.64 bits per heavy atom. The predicted octanol–water partition coefficient (Wildman–Crippen LogP) is 1.42. The number of nitrogens with one attached hydrogen (secondary N) is 1. The van der Waals surface area contributed by atoms with Crippen molar-refractivity contribution in [3.05, 3.63) is 0 Å². The molecule has 0 heterocycles. The minimum Gasteiger partial charge on any atom is -0.356 e. The number of rotatable bonds is 6. The molecule has 0 radical (unpaired) electrons. The average molecular weight is 198 g/mol. The van der Waals surface area contributed by atoms with Crippen molar-refractivity contribution >= 4 is 5.91 Å². The van der Waals surface area contributed by atoms with Crippen LogP contribution in [0, 0.1) is 5.92 Å². The molecule has 0 aromatic heterocycles. The van der Waals surface area contributed by atoms with Gasteiger partial charge in [0.05, 0.1) is 0 Å². The fourth-order valence-corrected chi connectivity index (χ4v) is 1.50. The SMILES string of the molecule is CC(C)(N)CC(=O)NCCCC1CC1. The molecule has 0 spiro atoms. The molecule has 1 aliphatic rings. The predicted molar refractivity (Wildman–Crippen MR) is 57.9 cm³/mol. The molecule has 0 bridgehead atoms. The number of nitrogens with two attached hydrogens (primary N) is 1. The Bertz CT molecular complexity index is 192. The van der Waals surface area contributed by atoms with Gasteiger partial charge < -0.3 is 11.1 Å². The molecule has 1 aliphatic carbocycles. The van der Waals surface area contributed by atoms with Crippen molar-refractivity contribution in [1.29, 1.82) is 0 Å². The molecule has 0 aromatic carbocycles. The van der Waals surface area contributed by atoms with Gasteiger partial charge in [0.15, 0.2) is 0 Å². The molecule has 14 heavy (non-hydrogen) atoms. The van der Waals surface area contributed by atoms with Crippen LogP contribution in [0.4, 0.5) is 0 Å². The third kappa shape index (κ3) is 5.97. The molecule has 82 valence electrons. The summed E-state index contributed by atoms with van der Waals surface area (Å²) in [6.07, 6.45) is 5.58. The van der Waals surface area contributed by atoms with Crippen molar-refractivity contribution in [2.24, 2.45) is 11.7 Å². The third-order valence-electron chi connectivity index (χ3n) is 2.42. The number of carbonyl (C=O) groups excluding carboxylic acids is 1. The minimum absolute atomic E-state index is 0.0771. The fourth-order valence-electron chi connectivity index (χ4n) is 1.50. The van der Waals surface area contributed by atoms with Crippen molar-refractivity contribution in [3.63, 3.8) is 0 Å². The molecule has 0 atom stereocenters. The van der Waals surface area contributed by atoms with Gasteiger partial charge in [-0.05, 0) is 32.6 Å². The van der Waals surface area contributed by atoms with Crippen molar-refractivity contribution in [3.8, 4) is 0 Å². The highest BCUT2D eigenvalue weighted by Gasteiger charge is 2.20. The van der Waals surface area contributed by atoms with E-state index in [0.29, 0.717) is 6.42 Å². The Morgan fingerprint density at radius 2 is 2.14 bits per heavy atom. The van der Waals surface area contributed by atoms with Crippen LogP contribution in [0.1, 0.15) is 46.0 Å². The molecule has 0 unspecified atom stereocenters. The molecule has 0 aromatic rings. The fraction of sp³-hybridized carbons (Fsp3) is 0.909. The average Bonchev–Trinajstić information content (AvgIpc) is 2.77. The summed E-state index contributed by atoms with van der Waals surface area (Å²) in [5, 5.41) is 2.90. The maximum absolute atomic E-state index is 11.3. The summed E-state index contributed by atoms with van der Waals surface area (Å²) in [7, 11) is 0. The van der Waals surface area contributed by atoms with Gasteiger partial charge in [0.25, 0.3) is 0 Å². The van der Waals surface area contributed by atoms with E-state index in [1.165, 1.54) is 19.3 Å². The van der Waals surface area contributed by atoms with E-state index < -0.39 is 0 Å². The van der Waals surface area contributed by atoms with Gasteiger partial charge in [0.1, 0.15) is 0 Å². The van der Waals surface area contributed by atoms with Crippen molar-refractivity contribution in [2.45, 2.75) is 51.5 Å². The van der Waals surface area contributed by atoms with E-state index in [0.717, 1.165) is 18.9 Å². The van der Waals surface area contributed by atoms with E-state index in [1.807, 2.05) is 13.8 Å². The molecular formula is C11H22N2O. The summed E-state index contributed by atoms with van der Waals surface area (Å²) in [4.78, 5) is 11.3. The Morgan fingerprint density at radius 1 is 1.50 bits per heavy atom. The summed E-state index contributed by atoms with van der Waals surface area (Å²) in [5.74, 6) is 1.03. The number of hydrogen-bond donors (Lipinski definition) is 2. The lowest BCUT2D eigenvalue weighted by Crippen LogP contribution is -2.39. The zero-order valence-corrected chi connectivity index (χ0v) is 9.31. The van der Waals surface area contributed by atoms with E-state index in [4.69, 9.17) is 5.73 Å². The highest BCUT2D eigenvalue weighted by molar-refractivity contribution is 5.76. The van der Waals surface area contributed by atoms with Crippen LogP contribution in [-0.2, 0) is 4.79 Å². The number of carbonyl (C=O) groups is 1. The summed E-state index contributed by atoms with van der Waals surface area (Å²) < 4.78 is 0.